The minimum atomic E-state index is -0.818. The van der Waals surface area contributed by atoms with Gasteiger partial charge in [-0.15, -0.1) is 0 Å². The Hall–Kier alpha value is -1.13. The molecule has 2 aliphatic carbocycles. The largest absolute Gasteiger partial charge is 0.481 e. The first-order chi connectivity index (χ1) is 11.2. The van der Waals surface area contributed by atoms with Crippen molar-refractivity contribution in [1.82, 2.24) is 0 Å². The molecule has 0 saturated heterocycles. The van der Waals surface area contributed by atoms with Crippen LogP contribution in [0.15, 0.2) is 23.8 Å². The molecule has 2 saturated carbocycles. The van der Waals surface area contributed by atoms with Crippen LogP contribution in [0.2, 0.25) is 0 Å². The maximum atomic E-state index is 12.0. The number of carboxylic acids is 1. The molecule has 2 aliphatic rings. The molecule has 5 atom stereocenters. The molecule has 2 rings (SSSR count). The van der Waals surface area contributed by atoms with Crippen LogP contribution in [0.1, 0.15) is 59.3 Å². The Morgan fingerprint density at radius 3 is 2.67 bits per heavy atom. The maximum Gasteiger partial charge on any atom is 0.309 e. The summed E-state index contributed by atoms with van der Waals surface area (Å²) in [6.45, 7) is 9.98. The maximum absolute atomic E-state index is 12.0. The number of hydrogen-bond acceptors (Lipinski definition) is 3. The Morgan fingerprint density at radius 2 is 2.08 bits per heavy atom. The van der Waals surface area contributed by atoms with E-state index in [0.29, 0.717) is 0 Å². The first-order valence-electron chi connectivity index (χ1n) is 9.03. The molecule has 4 heteroatoms. The van der Waals surface area contributed by atoms with Gasteiger partial charge in [-0.25, -0.2) is 0 Å². The average Bonchev–Trinajstić information content (AvgIpc) is 2.52. The number of aliphatic carboxylic acids is 1. The highest BCUT2D eigenvalue weighted by Crippen LogP contribution is 2.61. The number of aliphatic hydroxyl groups excluding tert-OH is 2. The predicted octanol–water partition coefficient (Wildman–Crippen LogP) is 3.54. The monoisotopic (exact) mass is 336 g/mol. The van der Waals surface area contributed by atoms with Crippen molar-refractivity contribution in [2.45, 2.75) is 65.4 Å². The molecule has 0 amide bonds. The van der Waals surface area contributed by atoms with E-state index in [4.69, 9.17) is 5.11 Å². The van der Waals surface area contributed by atoms with Crippen LogP contribution < -0.4 is 0 Å². The quantitative estimate of drug-likeness (QED) is 0.671. The van der Waals surface area contributed by atoms with Crippen LogP contribution in [0.5, 0.6) is 0 Å². The third kappa shape index (κ3) is 3.18. The fourth-order valence-corrected chi connectivity index (χ4v) is 5.22. The summed E-state index contributed by atoms with van der Waals surface area (Å²) >= 11 is 0. The van der Waals surface area contributed by atoms with Gasteiger partial charge in [0.25, 0.3) is 0 Å². The Kier molecular flexibility index (Phi) is 5.61. The first kappa shape index (κ1) is 19.2. The van der Waals surface area contributed by atoms with Crippen molar-refractivity contribution in [3.05, 3.63) is 23.8 Å². The minimum Gasteiger partial charge on any atom is -0.481 e. The second kappa shape index (κ2) is 7.01. The molecule has 5 unspecified atom stereocenters. The SMILES string of the molecule is C=C1CCC2C(C)(C(=O)O)CCCC2(C)C1CC=C(C)C(O)CO. The highest BCUT2D eigenvalue weighted by molar-refractivity contribution is 5.75. The fraction of sp³-hybridized carbons (Fsp3) is 0.750. The number of rotatable bonds is 5. The minimum absolute atomic E-state index is 0.0678. The molecule has 4 nitrogen and oxygen atoms in total. The van der Waals surface area contributed by atoms with E-state index < -0.39 is 17.5 Å². The van der Waals surface area contributed by atoms with Gasteiger partial charge in [-0.3, -0.25) is 4.79 Å². The van der Waals surface area contributed by atoms with E-state index in [9.17, 15) is 15.0 Å². The standard InChI is InChI=1S/C20H32O4/c1-13-7-9-17-19(3,10-5-11-20(17,4)18(23)24)15(13)8-6-14(2)16(22)12-21/h6,15-17,21-22H,1,5,7-12H2,2-4H3,(H,23,24). The van der Waals surface area contributed by atoms with E-state index in [1.54, 1.807) is 0 Å². The van der Waals surface area contributed by atoms with Crippen molar-refractivity contribution in [3.8, 4) is 0 Å². The Labute approximate surface area is 145 Å². The van der Waals surface area contributed by atoms with E-state index in [0.717, 1.165) is 44.1 Å². The molecular formula is C20H32O4. The molecule has 0 aromatic carbocycles. The topological polar surface area (TPSA) is 77.8 Å². The van der Waals surface area contributed by atoms with Crippen molar-refractivity contribution in [2.24, 2.45) is 22.7 Å². The van der Waals surface area contributed by atoms with Gasteiger partial charge in [-0.05, 0) is 68.8 Å². The van der Waals surface area contributed by atoms with Crippen molar-refractivity contribution >= 4 is 5.97 Å². The lowest BCUT2D eigenvalue weighted by Gasteiger charge is -2.57. The first-order valence-corrected chi connectivity index (χ1v) is 9.03. The van der Waals surface area contributed by atoms with Crippen LogP contribution in [0.3, 0.4) is 0 Å². The average molecular weight is 336 g/mol. The Bertz CT molecular complexity index is 538. The van der Waals surface area contributed by atoms with Crippen molar-refractivity contribution < 1.29 is 20.1 Å². The normalized spacial score (nSPS) is 38.5. The molecule has 0 aromatic rings. The zero-order valence-electron chi connectivity index (χ0n) is 15.2. The summed E-state index contributed by atoms with van der Waals surface area (Å²) in [5, 5.41) is 28.7. The van der Waals surface area contributed by atoms with E-state index in [1.165, 1.54) is 5.57 Å². The highest BCUT2D eigenvalue weighted by Gasteiger charge is 2.57. The number of hydrogen-bond donors (Lipinski definition) is 3. The second-order valence-electron chi connectivity index (χ2n) is 8.27. The van der Waals surface area contributed by atoms with E-state index >= 15 is 0 Å². The Morgan fingerprint density at radius 1 is 1.42 bits per heavy atom. The summed E-state index contributed by atoms with van der Waals surface area (Å²) < 4.78 is 0. The van der Waals surface area contributed by atoms with Gasteiger partial charge in [0.15, 0.2) is 0 Å². The number of aliphatic hydroxyl groups is 2. The molecule has 0 aromatic heterocycles. The molecule has 0 bridgehead atoms. The van der Waals surface area contributed by atoms with Crippen LogP contribution >= 0.6 is 0 Å². The summed E-state index contributed by atoms with van der Waals surface area (Å²) in [5.74, 6) is -0.286. The van der Waals surface area contributed by atoms with E-state index in [1.807, 2.05) is 19.9 Å². The summed E-state index contributed by atoms with van der Waals surface area (Å²) in [4.78, 5) is 12.0. The lowest BCUT2D eigenvalue weighted by atomic mass is 9.46. The number of carbonyl (C=O) groups is 1. The van der Waals surface area contributed by atoms with Crippen molar-refractivity contribution in [3.63, 3.8) is 0 Å². The lowest BCUT2D eigenvalue weighted by Crippen LogP contribution is -2.53. The summed E-state index contributed by atoms with van der Waals surface area (Å²) in [6, 6.07) is 0. The van der Waals surface area contributed by atoms with Crippen LogP contribution in [0.25, 0.3) is 0 Å². The highest BCUT2D eigenvalue weighted by atomic mass is 16.4. The van der Waals surface area contributed by atoms with Crippen LogP contribution in [0, 0.1) is 22.7 Å². The summed E-state index contributed by atoms with van der Waals surface area (Å²) in [7, 11) is 0. The molecule has 0 radical (unpaired) electrons. The number of carboxylic acid groups (broad SMARTS) is 1. The van der Waals surface area contributed by atoms with E-state index in [-0.39, 0.29) is 23.9 Å². The molecule has 2 fully saturated rings. The Balaban J connectivity index is 2.30. The van der Waals surface area contributed by atoms with Crippen LogP contribution in [-0.4, -0.2) is 34.0 Å². The molecule has 0 heterocycles. The summed E-state index contributed by atoms with van der Waals surface area (Å²) in [6.07, 6.45) is 6.42. The molecule has 0 spiro atoms. The zero-order valence-corrected chi connectivity index (χ0v) is 15.2. The third-order valence-electron chi connectivity index (χ3n) is 6.88. The molecule has 136 valence electrons. The predicted molar refractivity (Wildman–Crippen MR) is 94.5 cm³/mol. The smallest absolute Gasteiger partial charge is 0.309 e. The van der Waals surface area contributed by atoms with Crippen LogP contribution in [0.4, 0.5) is 0 Å². The number of fused-ring (bicyclic) bond motifs is 1. The van der Waals surface area contributed by atoms with Crippen molar-refractivity contribution in [2.75, 3.05) is 6.61 Å². The van der Waals surface area contributed by atoms with Gasteiger partial charge in [0.05, 0.1) is 18.1 Å². The molecular weight excluding hydrogens is 304 g/mol. The molecule has 0 aliphatic heterocycles. The van der Waals surface area contributed by atoms with E-state index in [2.05, 4.69) is 13.5 Å². The van der Waals surface area contributed by atoms with Gasteiger partial charge in [0, 0.05) is 0 Å². The van der Waals surface area contributed by atoms with Gasteiger partial charge in [-0.1, -0.05) is 31.6 Å². The fourth-order valence-electron chi connectivity index (χ4n) is 5.22. The second-order valence-corrected chi connectivity index (χ2v) is 8.27. The number of allylic oxidation sites excluding steroid dienone is 2. The van der Waals surface area contributed by atoms with Gasteiger partial charge in [0.2, 0.25) is 0 Å². The molecule has 3 N–H and O–H groups in total. The lowest BCUT2D eigenvalue weighted by molar-refractivity contribution is -0.164. The molecule has 24 heavy (non-hydrogen) atoms. The third-order valence-corrected chi connectivity index (χ3v) is 6.88. The van der Waals surface area contributed by atoms with Gasteiger partial charge in [-0.2, -0.15) is 0 Å². The van der Waals surface area contributed by atoms with Gasteiger partial charge in [0.1, 0.15) is 0 Å². The van der Waals surface area contributed by atoms with Gasteiger partial charge < -0.3 is 15.3 Å². The zero-order chi connectivity index (χ0) is 18.1. The van der Waals surface area contributed by atoms with Gasteiger partial charge >= 0.3 is 5.97 Å². The van der Waals surface area contributed by atoms with Crippen molar-refractivity contribution in [1.29, 1.82) is 0 Å². The van der Waals surface area contributed by atoms with Crippen LogP contribution in [-0.2, 0) is 4.79 Å². The summed E-state index contributed by atoms with van der Waals surface area (Å²) in [5.41, 5.74) is 1.25.